The van der Waals surface area contributed by atoms with Gasteiger partial charge in [-0.3, -0.25) is 0 Å². The van der Waals surface area contributed by atoms with Crippen LogP contribution >= 0.6 is 22.9 Å². The molecule has 0 aliphatic heterocycles. The third-order valence-electron chi connectivity index (χ3n) is 3.85. The fourth-order valence-electron chi connectivity index (χ4n) is 2.43. The Morgan fingerprint density at radius 1 is 1.16 bits per heavy atom. The molecule has 25 heavy (non-hydrogen) atoms. The predicted octanol–water partition coefficient (Wildman–Crippen LogP) is 4.62. The largest absolute Gasteiger partial charge is 0.488 e. The first-order chi connectivity index (χ1) is 12.1. The molecule has 1 aromatic carbocycles. The van der Waals surface area contributed by atoms with E-state index in [0.717, 1.165) is 40.6 Å². The zero-order chi connectivity index (χ0) is 18.1. The normalized spacial score (nSPS) is 12.0. The van der Waals surface area contributed by atoms with Gasteiger partial charge in [0, 0.05) is 4.88 Å². The lowest BCUT2D eigenvalue weighted by Crippen LogP contribution is -2.21. The van der Waals surface area contributed by atoms with Crippen LogP contribution < -0.4 is 4.74 Å². The second-order valence-corrected chi connectivity index (χ2v) is 7.58. The van der Waals surface area contributed by atoms with E-state index in [-0.39, 0.29) is 0 Å². The van der Waals surface area contributed by atoms with E-state index < -0.39 is 12.1 Å². The highest BCUT2D eigenvalue weighted by Crippen LogP contribution is 2.23. The van der Waals surface area contributed by atoms with Crippen molar-refractivity contribution in [1.29, 1.82) is 0 Å². The summed E-state index contributed by atoms with van der Waals surface area (Å²) in [5.41, 5.74) is 1.25. The van der Waals surface area contributed by atoms with Gasteiger partial charge in [0.1, 0.15) is 12.4 Å². The van der Waals surface area contributed by atoms with Crippen molar-refractivity contribution >= 4 is 28.9 Å². The zero-order valence-corrected chi connectivity index (χ0v) is 15.8. The highest BCUT2D eigenvalue weighted by Gasteiger charge is 2.13. The molecule has 0 amide bonds. The molecule has 1 aromatic heterocycles. The molecule has 1 atom stereocenters. The van der Waals surface area contributed by atoms with Crippen LogP contribution in [0.15, 0.2) is 36.4 Å². The van der Waals surface area contributed by atoms with Crippen molar-refractivity contribution < 1.29 is 19.4 Å². The number of thiophene rings is 1. The third kappa shape index (κ3) is 7.06. The van der Waals surface area contributed by atoms with Crippen molar-refractivity contribution in [3.63, 3.8) is 0 Å². The molecular weight excluding hydrogens is 360 g/mol. The second kappa shape index (κ2) is 10.4. The first-order valence-corrected chi connectivity index (χ1v) is 9.50. The summed E-state index contributed by atoms with van der Waals surface area (Å²) in [6, 6.07) is 11.9. The first-order valence-electron chi connectivity index (χ1n) is 8.30. The van der Waals surface area contributed by atoms with Crippen LogP contribution in [0, 0.1) is 0 Å². The fourth-order valence-corrected chi connectivity index (χ4v) is 3.43. The van der Waals surface area contributed by atoms with Gasteiger partial charge in [-0.1, -0.05) is 36.6 Å². The van der Waals surface area contributed by atoms with Gasteiger partial charge in [-0.15, -0.1) is 11.3 Å². The van der Waals surface area contributed by atoms with E-state index in [1.807, 2.05) is 24.3 Å². The number of carbonyl (C=O) groups is 1. The quantitative estimate of drug-likeness (QED) is 0.481. The molecule has 0 spiro atoms. The summed E-state index contributed by atoms with van der Waals surface area (Å²) in [5.74, 6) is 0.287. The Kier molecular flexibility index (Phi) is 8.25. The average molecular weight is 383 g/mol. The maximum Gasteiger partial charge on any atom is 0.334 e. The smallest absolute Gasteiger partial charge is 0.334 e. The van der Waals surface area contributed by atoms with Crippen LogP contribution in [0.5, 0.6) is 5.75 Å². The number of carbonyl (C=O) groups excluding carboxylic acids is 1. The lowest BCUT2D eigenvalue weighted by Gasteiger charge is -2.08. The highest BCUT2D eigenvalue weighted by atomic mass is 35.5. The molecule has 2 aromatic rings. The SMILES string of the molecule is COC(=O)C(O)CCCCCc1ccc(OCc2ccc(Cl)s2)cc1. The van der Waals surface area contributed by atoms with Gasteiger partial charge < -0.3 is 14.6 Å². The van der Waals surface area contributed by atoms with Crippen LogP contribution in [0.1, 0.15) is 36.1 Å². The zero-order valence-electron chi connectivity index (χ0n) is 14.2. The van der Waals surface area contributed by atoms with Crippen molar-refractivity contribution in [2.24, 2.45) is 0 Å². The number of unbranched alkanes of at least 4 members (excludes halogenated alkanes) is 2. The Balaban J connectivity index is 1.64. The maximum absolute atomic E-state index is 11.1. The number of aliphatic hydroxyl groups excluding tert-OH is 1. The molecule has 1 unspecified atom stereocenters. The minimum atomic E-state index is -1.00. The second-order valence-electron chi connectivity index (χ2n) is 5.78. The number of benzene rings is 1. The number of aliphatic hydroxyl groups is 1. The molecule has 0 fully saturated rings. The van der Waals surface area contributed by atoms with Crippen molar-refractivity contribution in [2.45, 2.75) is 44.8 Å². The van der Waals surface area contributed by atoms with Crippen LogP contribution in [0.3, 0.4) is 0 Å². The summed E-state index contributed by atoms with van der Waals surface area (Å²) < 4.78 is 11.0. The van der Waals surface area contributed by atoms with Crippen LogP contribution in [0.25, 0.3) is 0 Å². The van der Waals surface area contributed by atoms with E-state index in [0.29, 0.717) is 13.0 Å². The molecule has 4 nitrogen and oxygen atoms in total. The topological polar surface area (TPSA) is 55.8 Å². The molecular formula is C19H23ClO4S. The first kappa shape index (κ1) is 19.8. The van der Waals surface area contributed by atoms with Crippen molar-refractivity contribution in [2.75, 3.05) is 7.11 Å². The van der Waals surface area contributed by atoms with Gasteiger partial charge in [0.05, 0.1) is 11.4 Å². The summed E-state index contributed by atoms with van der Waals surface area (Å²) in [4.78, 5) is 12.2. The highest BCUT2D eigenvalue weighted by molar-refractivity contribution is 7.16. The van der Waals surface area contributed by atoms with Gasteiger partial charge in [-0.05, 0) is 49.1 Å². The summed E-state index contributed by atoms with van der Waals surface area (Å²) in [6.45, 7) is 0.527. The third-order valence-corrected chi connectivity index (χ3v) is 5.05. The minimum Gasteiger partial charge on any atom is -0.488 e. The predicted molar refractivity (Wildman–Crippen MR) is 100 cm³/mol. The maximum atomic E-state index is 11.1. The number of methoxy groups -OCH3 is 1. The Labute approximate surface area is 157 Å². The van der Waals surface area contributed by atoms with Gasteiger partial charge in [0.25, 0.3) is 0 Å². The molecule has 6 heteroatoms. The number of rotatable bonds is 10. The van der Waals surface area contributed by atoms with Crippen LogP contribution in [-0.4, -0.2) is 24.3 Å². The average Bonchev–Trinajstić information content (AvgIpc) is 3.05. The fraction of sp³-hybridized carbons (Fsp3) is 0.421. The summed E-state index contributed by atoms with van der Waals surface area (Å²) >= 11 is 7.42. The van der Waals surface area contributed by atoms with E-state index in [2.05, 4.69) is 16.9 Å². The Bertz CT molecular complexity index is 654. The van der Waals surface area contributed by atoms with E-state index in [1.165, 1.54) is 24.0 Å². The van der Waals surface area contributed by atoms with Gasteiger partial charge >= 0.3 is 5.97 Å². The molecule has 0 aliphatic carbocycles. The lowest BCUT2D eigenvalue weighted by molar-refractivity contribution is -0.150. The molecule has 1 N–H and O–H groups in total. The number of ether oxygens (including phenoxy) is 2. The van der Waals surface area contributed by atoms with Crippen molar-refractivity contribution in [3.8, 4) is 5.75 Å². The van der Waals surface area contributed by atoms with E-state index in [9.17, 15) is 9.90 Å². The van der Waals surface area contributed by atoms with Crippen molar-refractivity contribution in [3.05, 3.63) is 51.2 Å². The molecule has 0 saturated heterocycles. The Hall–Kier alpha value is -1.56. The lowest BCUT2D eigenvalue weighted by atomic mass is 10.0. The van der Waals surface area contributed by atoms with Gasteiger partial charge in [-0.25, -0.2) is 4.79 Å². The van der Waals surface area contributed by atoms with E-state index in [1.54, 1.807) is 0 Å². The number of hydrogen-bond donors (Lipinski definition) is 1. The van der Waals surface area contributed by atoms with Crippen LogP contribution in [-0.2, 0) is 22.6 Å². The number of aryl methyl sites for hydroxylation is 1. The molecule has 0 saturated carbocycles. The molecule has 1 heterocycles. The number of halogens is 1. The number of hydrogen-bond acceptors (Lipinski definition) is 5. The van der Waals surface area contributed by atoms with Gasteiger partial charge in [0.2, 0.25) is 0 Å². The Morgan fingerprint density at radius 2 is 1.92 bits per heavy atom. The molecule has 2 rings (SSSR count). The number of esters is 1. The van der Waals surface area contributed by atoms with Crippen LogP contribution in [0.4, 0.5) is 0 Å². The molecule has 0 radical (unpaired) electrons. The summed E-state index contributed by atoms with van der Waals surface area (Å²) in [7, 11) is 1.29. The van der Waals surface area contributed by atoms with Crippen molar-refractivity contribution in [1.82, 2.24) is 0 Å². The van der Waals surface area contributed by atoms with E-state index >= 15 is 0 Å². The standard InChI is InChI=1S/C19H23ClO4S/c1-23-19(22)17(21)6-4-2-3-5-14-7-9-15(10-8-14)24-13-16-11-12-18(20)25-16/h7-12,17,21H,2-6,13H2,1H3. The van der Waals surface area contributed by atoms with Crippen LogP contribution in [0.2, 0.25) is 4.34 Å². The summed E-state index contributed by atoms with van der Waals surface area (Å²) in [6.07, 6.45) is 3.20. The monoisotopic (exact) mass is 382 g/mol. The molecule has 136 valence electrons. The van der Waals surface area contributed by atoms with E-state index in [4.69, 9.17) is 16.3 Å². The Morgan fingerprint density at radius 3 is 2.56 bits per heavy atom. The van der Waals surface area contributed by atoms with Gasteiger partial charge in [-0.2, -0.15) is 0 Å². The summed E-state index contributed by atoms with van der Waals surface area (Å²) in [5, 5.41) is 9.50. The molecule has 0 aliphatic rings. The minimum absolute atomic E-state index is 0.451. The molecule has 0 bridgehead atoms. The van der Waals surface area contributed by atoms with Gasteiger partial charge in [0.15, 0.2) is 6.10 Å².